The lowest BCUT2D eigenvalue weighted by atomic mass is 10.2. The first-order chi connectivity index (χ1) is 9.88. The van der Waals surface area contributed by atoms with Crippen LogP contribution in [0.3, 0.4) is 0 Å². The zero-order valence-corrected chi connectivity index (χ0v) is 12.1. The number of aromatic nitrogens is 3. The maximum absolute atomic E-state index is 5.60. The van der Waals surface area contributed by atoms with Crippen molar-refractivity contribution in [1.29, 1.82) is 0 Å². The summed E-state index contributed by atoms with van der Waals surface area (Å²) in [7, 11) is 0. The first kappa shape index (κ1) is 13.7. The van der Waals surface area contributed by atoms with Crippen molar-refractivity contribution in [1.82, 2.24) is 19.9 Å². The largest absolute Gasteiger partial charge is 0.379 e. The van der Waals surface area contributed by atoms with Crippen molar-refractivity contribution in [2.45, 2.75) is 12.5 Å². The van der Waals surface area contributed by atoms with Crippen LogP contribution >= 0.6 is 11.3 Å². The molecule has 3 N–H and O–H groups in total. The highest BCUT2D eigenvalue weighted by Gasteiger charge is 2.27. The fraction of sp³-hybridized carbons (Fsp3) is 0.538. The number of nitrogens with one attached hydrogen (secondary N) is 1. The highest BCUT2D eigenvalue weighted by molar-refractivity contribution is 7.09. The molecule has 0 radical (unpaired) electrons. The highest BCUT2D eigenvalue weighted by Crippen LogP contribution is 2.30. The number of nitrogens with two attached hydrogens (primary N) is 1. The van der Waals surface area contributed by atoms with Gasteiger partial charge in [-0.1, -0.05) is 0 Å². The van der Waals surface area contributed by atoms with Gasteiger partial charge in [-0.3, -0.25) is 4.90 Å². The highest BCUT2D eigenvalue weighted by atomic mass is 32.1. The minimum absolute atomic E-state index is 0.137. The van der Waals surface area contributed by atoms with Crippen LogP contribution in [-0.2, 0) is 11.2 Å². The standard InChI is InChI=1S/C13H19N5OS/c14-2-1-10-8-20-13(17-10)12(11-7-15-9-16-11)18-3-5-19-6-4-18/h7-9,12H,1-6,14H2,(H,15,16). The van der Waals surface area contributed by atoms with Crippen LogP contribution in [0, 0.1) is 0 Å². The predicted molar refractivity (Wildman–Crippen MR) is 77.7 cm³/mol. The number of aromatic amines is 1. The van der Waals surface area contributed by atoms with E-state index in [1.54, 1.807) is 17.7 Å². The third-order valence-electron chi connectivity index (χ3n) is 3.43. The lowest BCUT2D eigenvalue weighted by Crippen LogP contribution is -2.39. The van der Waals surface area contributed by atoms with E-state index in [-0.39, 0.29) is 6.04 Å². The molecule has 0 saturated carbocycles. The maximum atomic E-state index is 5.60. The van der Waals surface area contributed by atoms with E-state index in [0.29, 0.717) is 6.54 Å². The molecule has 0 amide bonds. The molecule has 1 atom stereocenters. The van der Waals surface area contributed by atoms with Gasteiger partial charge in [0.25, 0.3) is 0 Å². The lowest BCUT2D eigenvalue weighted by Gasteiger charge is -2.32. The van der Waals surface area contributed by atoms with Crippen molar-refractivity contribution in [3.8, 4) is 0 Å². The fourth-order valence-corrected chi connectivity index (χ4v) is 3.45. The van der Waals surface area contributed by atoms with Gasteiger partial charge in [0.1, 0.15) is 11.0 Å². The number of morpholine rings is 1. The third kappa shape index (κ3) is 2.90. The molecule has 1 aliphatic heterocycles. The van der Waals surface area contributed by atoms with Crippen molar-refractivity contribution < 1.29 is 4.74 Å². The molecule has 108 valence electrons. The molecule has 20 heavy (non-hydrogen) atoms. The molecule has 0 aliphatic carbocycles. The van der Waals surface area contributed by atoms with Gasteiger partial charge in [0.05, 0.1) is 30.9 Å². The van der Waals surface area contributed by atoms with Crippen LogP contribution in [0.2, 0.25) is 0 Å². The van der Waals surface area contributed by atoms with Gasteiger partial charge in [0.15, 0.2) is 0 Å². The molecule has 0 spiro atoms. The normalized spacial score (nSPS) is 18.2. The van der Waals surface area contributed by atoms with Crippen molar-refractivity contribution >= 4 is 11.3 Å². The molecular formula is C13H19N5OS. The van der Waals surface area contributed by atoms with E-state index in [1.165, 1.54) is 0 Å². The zero-order valence-electron chi connectivity index (χ0n) is 11.3. The number of H-pyrrole nitrogens is 1. The van der Waals surface area contributed by atoms with E-state index in [1.807, 2.05) is 6.20 Å². The summed E-state index contributed by atoms with van der Waals surface area (Å²) >= 11 is 1.69. The number of ether oxygens (including phenoxy) is 1. The molecule has 1 saturated heterocycles. The molecule has 3 heterocycles. The van der Waals surface area contributed by atoms with Crippen LogP contribution in [0.4, 0.5) is 0 Å². The first-order valence-electron chi connectivity index (χ1n) is 6.83. The molecule has 7 heteroatoms. The zero-order chi connectivity index (χ0) is 13.8. The average Bonchev–Trinajstić information content (AvgIpc) is 3.14. The summed E-state index contributed by atoms with van der Waals surface area (Å²) in [6.07, 6.45) is 4.43. The summed E-state index contributed by atoms with van der Waals surface area (Å²) in [5.74, 6) is 0. The minimum Gasteiger partial charge on any atom is -0.379 e. The van der Waals surface area contributed by atoms with Gasteiger partial charge in [-0.15, -0.1) is 11.3 Å². The third-order valence-corrected chi connectivity index (χ3v) is 4.37. The number of nitrogens with zero attached hydrogens (tertiary/aromatic N) is 3. The number of hydrogen-bond donors (Lipinski definition) is 2. The molecule has 1 fully saturated rings. The van der Waals surface area contributed by atoms with Crippen molar-refractivity contribution in [3.05, 3.63) is 34.3 Å². The summed E-state index contributed by atoms with van der Waals surface area (Å²) in [4.78, 5) is 14.5. The summed E-state index contributed by atoms with van der Waals surface area (Å²) in [6.45, 7) is 4.00. The Kier molecular flexibility index (Phi) is 4.41. The molecule has 0 bridgehead atoms. The monoisotopic (exact) mass is 293 g/mol. The molecular weight excluding hydrogens is 274 g/mol. The van der Waals surface area contributed by atoms with E-state index in [2.05, 4.69) is 20.2 Å². The lowest BCUT2D eigenvalue weighted by molar-refractivity contribution is 0.0232. The van der Waals surface area contributed by atoms with E-state index in [9.17, 15) is 0 Å². The number of thiazole rings is 1. The van der Waals surface area contributed by atoms with Crippen LogP contribution in [0.5, 0.6) is 0 Å². The van der Waals surface area contributed by atoms with Gasteiger partial charge >= 0.3 is 0 Å². The first-order valence-corrected chi connectivity index (χ1v) is 7.71. The Morgan fingerprint density at radius 3 is 3.00 bits per heavy atom. The SMILES string of the molecule is NCCc1csc(C(c2cnc[nH]2)N2CCOCC2)n1. The van der Waals surface area contributed by atoms with Crippen molar-refractivity contribution in [2.24, 2.45) is 5.73 Å². The second-order valence-corrected chi connectivity index (χ2v) is 5.66. The summed E-state index contributed by atoms with van der Waals surface area (Å²) in [6, 6.07) is 0.137. The second-order valence-electron chi connectivity index (χ2n) is 4.77. The number of rotatable bonds is 5. The summed E-state index contributed by atoms with van der Waals surface area (Å²) < 4.78 is 5.45. The van der Waals surface area contributed by atoms with Crippen LogP contribution in [0.1, 0.15) is 22.4 Å². The smallest absolute Gasteiger partial charge is 0.116 e. The molecule has 1 aliphatic rings. The second kappa shape index (κ2) is 6.45. The quantitative estimate of drug-likeness (QED) is 0.852. The van der Waals surface area contributed by atoms with E-state index < -0.39 is 0 Å². The number of hydrogen-bond acceptors (Lipinski definition) is 6. The summed E-state index contributed by atoms with van der Waals surface area (Å²) in [5, 5.41) is 3.20. The van der Waals surface area contributed by atoms with Crippen LogP contribution < -0.4 is 5.73 Å². The number of imidazole rings is 1. The summed E-state index contributed by atoms with van der Waals surface area (Å²) in [5.41, 5.74) is 7.76. The Morgan fingerprint density at radius 2 is 2.30 bits per heavy atom. The molecule has 6 nitrogen and oxygen atoms in total. The van der Waals surface area contributed by atoms with Gasteiger partial charge in [-0.25, -0.2) is 9.97 Å². The Labute approximate surface area is 122 Å². The van der Waals surface area contributed by atoms with Gasteiger partial charge in [-0.2, -0.15) is 0 Å². The Balaban J connectivity index is 1.87. The maximum Gasteiger partial charge on any atom is 0.116 e. The predicted octanol–water partition coefficient (Wildman–Crippen LogP) is 0.789. The van der Waals surface area contributed by atoms with E-state index in [0.717, 1.165) is 49.1 Å². The molecule has 2 aromatic rings. The molecule has 2 aromatic heterocycles. The topological polar surface area (TPSA) is 80.1 Å². The van der Waals surface area contributed by atoms with Crippen molar-refractivity contribution in [3.63, 3.8) is 0 Å². The van der Waals surface area contributed by atoms with Crippen molar-refractivity contribution in [2.75, 3.05) is 32.8 Å². The Hall–Kier alpha value is -1.28. The van der Waals surface area contributed by atoms with Gasteiger partial charge in [-0.05, 0) is 6.54 Å². The van der Waals surface area contributed by atoms with Gasteiger partial charge in [0.2, 0.25) is 0 Å². The van der Waals surface area contributed by atoms with Gasteiger partial charge in [0, 0.05) is 31.1 Å². The van der Waals surface area contributed by atoms with Crippen LogP contribution in [-0.4, -0.2) is 52.7 Å². The minimum atomic E-state index is 0.137. The molecule has 1 unspecified atom stereocenters. The van der Waals surface area contributed by atoms with E-state index in [4.69, 9.17) is 15.5 Å². The van der Waals surface area contributed by atoms with Crippen LogP contribution in [0.25, 0.3) is 0 Å². The molecule has 0 aromatic carbocycles. The van der Waals surface area contributed by atoms with Crippen LogP contribution in [0.15, 0.2) is 17.9 Å². The Morgan fingerprint density at radius 1 is 1.45 bits per heavy atom. The van der Waals surface area contributed by atoms with Gasteiger partial charge < -0.3 is 15.5 Å². The molecule has 3 rings (SSSR count). The Bertz CT molecular complexity index is 521. The fourth-order valence-electron chi connectivity index (χ4n) is 2.45. The average molecular weight is 293 g/mol. The van der Waals surface area contributed by atoms with E-state index >= 15 is 0 Å².